The van der Waals surface area contributed by atoms with Crippen molar-refractivity contribution in [3.63, 3.8) is 0 Å². The summed E-state index contributed by atoms with van der Waals surface area (Å²) in [5.41, 5.74) is -1.47. The maximum atomic E-state index is 15.0. The number of carbonyl (C=O) groups excluding carboxylic acids is 4. The minimum Gasteiger partial charge on any atom is -0.444 e. The number of nitrogens with one attached hydrogen (secondary N) is 1. The maximum Gasteiger partial charge on any atom is 0.410 e. The smallest absolute Gasteiger partial charge is 0.410 e. The van der Waals surface area contributed by atoms with Crippen LogP contribution >= 0.6 is 11.6 Å². The lowest BCUT2D eigenvalue weighted by atomic mass is 9.87. The van der Waals surface area contributed by atoms with Gasteiger partial charge in [0.15, 0.2) is 0 Å². The van der Waals surface area contributed by atoms with E-state index in [2.05, 4.69) is 10.3 Å². The molecule has 0 radical (unpaired) electrons. The number of hydrogen-bond acceptors (Lipinski definition) is 7. The molecule has 2 fully saturated rings. The van der Waals surface area contributed by atoms with E-state index in [0.29, 0.717) is 11.0 Å². The fraction of sp³-hybridized carbons (Fsp3) is 0.353. The number of nitrogens with zero attached hydrogens (tertiary/aromatic N) is 5. The number of piperazine rings is 1. The summed E-state index contributed by atoms with van der Waals surface area (Å²) in [4.78, 5) is 62.9. The van der Waals surface area contributed by atoms with Crippen molar-refractivity contribution < 1.29 is 41.5 Å². The average molecular weight is 715 g/mol. The number of anilines is 2. The van der Waals surface area contributed by atoms with E-state index < -0.39 is 96.7 Å². The van der Waals surface area contributed by atoms with Crippen molar-refractivity contribution in [2.24, 2.45) is 0 Å². The molecule has 0 unspecified atom stereocenters. The lowest BCUT2D eigenvalue weighted by Gasteiger charge is -2.43. The van der Waals surface area contributed by atoms with Crippen LogP contribution in [0, 0.1) is 23.0 Å². The van der Waals surface area contributed by atoms with E-state index in [1.54, 1.807) is 20.8 Å². The zero-order valence-electron chi connectivity index (χ0n) is 27.0. The number of aromatic nitrogens is 1. The number of pyridine rings is 1. The number of alkyl halides is 2. The van der Waals surface area contributed by atoms with Gasteiger partial charge in [0.2, 0.25) is 11.8 Å². The molecule has 1 N–H and O–H groups in total. The molecular formula is C34H31ClF4N6O5. The van der Waals surface area contributed by atoms with Gasteiger partial charge in [-0.2, -0.15) is 5.26 Å². The van der Waals surface area contributed by atoms with Crippen LogP contribution in [0.4, 0.5) is 33.9 Å². The molecule has 1 aliphatic heterocycles. The number of amides is 4. The number of halogens is 5. The summed E-state index contributed by atoms with van der Waals surface area (Å²) in [6, 6.07) is 7.75. The van der Waals surface area contributed by atoms with E-state index in [0.717, 1.165) is 21.9 Å². The van der Waals surface area contributed by atoms with Gasteiger partial charge in [-0.25, -0.2) is 27.3 Å². The Morgan fingerprint density at radius 2 is 1.76 bits per heavy atom. The fourth-order valence-corrected chi connectivity index (χ4v) is 5.95. The molecule has 1 aliphatic carbocycles. The van der Waals surface area contributed by atoms with Crippen LogP contribution in [-0.2, 0) is 19.1 Å². The molecule has 11 nitrogen and oxygen atoms in total. The van der Waals surface area contributed by atoms with Crippen LogP contribution in [0.25, 0.3) is 0 Å². The Labute approximate surface area is 289 Å². The van der Waals surface area contributed by atoms with Gasteiger partial charge in [0.25, 0.3) is 11.8 Å². The van der Waals surface area contributed by atoms with Crippen LogP contribution in [0.3, 0.4) is 0 Å². The van der Waals surface area contributed by atoms with Crippen LogP contribution in [0.5, 0.6) is 0 Å². The Morgan fingerprint density at radius 3 is 2.36 bits per heavy atom. The largest absolute Gasteiger partial charge is 0.444 e. The zero-order valence-corrected chi connectivity index (χ0v) is 27.8. The first-order valence-electron chi connectivity index (χ1n) is 15.3. The molecule has 4 amide bonds. The first kappa shape index (κ1) is 36.1. The van der Waals surface area contributed by atoms with Crippen LogP contribution < -0.4 is 15.1 Å². The van der Waals surface area contributed by atoms with Crippen molar-refractivity contribution in [2.75, 3.05) is 22.9 Å². The lowest BCUT2D eigenvalue weighted by Crippen LogP contribution is -2.65. The van der Waals surface area contributed by atoms with Crippen molar-refractivity contribution in [3.05, 3.63) is 88.6 Å². The normalized spacial score (nSPS) is 18.1. The van der Waals surface area contributed by atoms with Gasteiger partial charge in [-0.3, -0.25) is 29.1 Å². The van der Waals surface area contributed by atoms with E-state index in [1.807, 2.05) is 6.07 Å². The van der Waals surface area contributed by atoms with Gasteiger partial charge >= 0.3 is 6.09 Å². The third kappa shape index (κ3) is 7.97. The first-order valence-corrected chi connectivity index (χ1v) is 15.7. The standard InChI is InChI=1S/C34H31ClF4N6O5/c1-33(2,3)50-32(49)43-17-26(45(28(46)18-43)27-10-19(16-40)8-9-41-27)31(48)44(23-12-20(36)11-21(37)13-23)29(24-6-4-5-7-25(24)35)30(47)42-22-14-34(38,39)15-22/h4-13,22,26,29H,14-15,17-18H2,1-3H3,(H,42,47)/t26-,29-/m0/s1. The van der Waals surface area contributed by atoms with Crippen molar-refractivity contribution in [2.45, 2.75) is 63.3 Å². The van der Waals surface area contributed by atoms with Crippen molar-refractivity contribution >= 4 is 46.9 Å². The van der Waals surface area contributed by atoms with E-state index in [1.165, 1.54) is 42.6 Å². The van der Waals surface area contributed by atoms with Gasteiger partial charge in [0, 0.05) is 41.7 Å². The highest BCUT2D eigenvalue weighted by atomic mass is 35.5. The predicted molar refractivity (Wildman–Crippen MR) is 172 cm³/mol. The third-order valence-corrected chi connectivity index (χ3v) is 8.21. The van der Waals surface area contributed by atoms with Crippen molar-refractivity contribution in [1.82, 2.24) is 15.2 Å². The second-order valence-electron chi connectivity index (χ2n) is 12.9. The van der Waals surface area contributed by atoms with Crippen molar-refractivity contribution in [3.8, 4) is 6.07 Å². The summed E-state index contributed by atoms with van der Waals surface area (Å²) >= 11 is 6.52. The Balaban J connectivity index is 1.69. The molecule has 2 atom stereocenters. The Bertz CT molecular complexity index is 1850. The van der Waals surface area contributed by atoms with Crippen LogP contribution in [0.15, 0.2) is 60.8 Å². The second-order valence-corrected chi connectivity index (χ2v) is 13.3. The van der Waals surface area contributed by atoms with E-state index in [4.69, 9.17) is 16.3 Å². The highest BCUT2D eigenvalue weighted by molar-refractivity contribution is 6.31. The summed E-state index contributed by atoms with van der Waals surface area (Å²) in [5, 5.41) is 12.0. The zero-order chi connectivity index (χ0) is 36.5. The quantitative estimate of drug-likeness (QED) is 0.318. The highest BCUT2D eigenvalue weighted by Gasteiger charge is 2.49. The molecule has 0 bridgehead atoms. The molecule has 262 valence electrons. The second kappa shape index (κ2) is 13.9. The molecule has 1 aromatic heterocycles. The van der Waals surface area contributed by atoms with Gasteiger partial charge in [0.1, 0.15) is 41.7 Å². The minimum absolute atomic E-state index is 0.0435. The minimum atomic E-state index is -3.03. The third-order valence-electron chi connectivity index (χ3n) is 7.86. The molecule has 2 heterocycles. The SMILES string of the molecule is CC(C)(C)OC(=O)N1CC(=O)N(c2cc(C#N)ccn2)[C@H](C(=O)N(c2cc(F)cc(F)c2)[C@H](C(=O)NC2CC(F)(F)C2)c2ccccc2Cl)C1. The molecule has 1 saturated heterocycles. The van der Waals surface area contributed by atoms with Gasteiger partial charge < -0.3 is 10.1 Å². The van der Waals surface area contributed by atoms with Gasteiger partial charge in [0.05, 0.1) is 23.9 Å². The number of ether oxygens (including phenoxy) is 1. The van der Waals surface area contributed by atoms with E-state index in [-0.39, 0.29) is 22.0 Å². The maximum absolute atomic E-state index is 15.0. The van der Waals surface area contributed by atoms with Gasteiger partial charge in [-0.1, -0.05) is 29.8 Å². The summed E-state index contributed by atoms with van der Waals surface area (Å²) in [7, 11) is 0. The average Bonchev–Trinajstić information content (AvgIpc) is 3.01. The number of carbonyl (C=O) groups is 4. The summed E-state index contributed by atoms with van der Waals surface area (Å²) in [6.45, 7) is 3.63. The summed E-state index contributed by atoms with van der Waals surface area (Å²) in [5.74, 6) is -8.47. The number of rotatable bonds is 7. The molecule has 2 aromatic carbocycles. The Kier molecular flexibility index (Phi) is 10.1. The lowest BCUT2D eigenvalue weighted by molar-refractivity contribution is -0.133. The monoisotopic (exact) mass is 714 g/mol. The Morgan fingerprint density at radius 1 is 1.10 bits per heavy atom. The molecule has 3 aromatic rings. The molecule has 5 rings (SSSR count). The number of hydrogen-bond donors (Lipinski definition) is 1. The van der Waals surface area contributed by atoms with E-state index >= 15 is 4.79 Å². The predicted octanol–water partition coefficient (Wildman–Crippen LogP) is 5.53. The molecular weight excluding hydrogens is 684 g/mol. The molecule has 0 spiro atoms. The summed E-state index contributed by atoms with van der Waals surface area (Å²) in [6.07, 6.45) is -1.12. The van der Waals surface area contributed by atoms with E-state index in [9.17, 15) is 37.2 Å². The Hall–Kier alpha value is -5.23. The number of benzene rings is 2. The first-order chi connectivity index (χ1) is 23.5. The molecule has 2 aliphatic rings. The van der Waals surface area contributed by atoms with Gasteiger partial charge in [-0.15, -0.1) is 0 Å². The summed E-state index contributed by atoms with van der Waals surface area (Å²) < 4.78 is 62.7. The van der Waals surface area contributed by atoms with Crippen LogP contribution in [0.2, 0.25) is 5.02 Å². The van der Waals surface area contributed by atoms with Crippen molar-refractivity contribution in [1.29, 1.82) is 5.26 Å². The molecule has 16 heteroatoms. The fourth-order valence-electron chi connectivity index (χ4n) is 5.71. The number of nitriles is 1. The van der Waals surface area contributed by atoms with Crippen LogP contribution in [0.1, 0.15) is 50.8 Å². The highest BCUT2D eigenvalue weighted by Crippen LogP contribution is 2.39. The molecule has 1 saturated carbocycles. The van der Waals surface area contributed by atoms with Crippen LogP contribution in [-0.4, -0.2) is 70.4 Å². The van der Waals surface area contributed by atoms with Gasteiger partial charge in [-0.05, 0) is 51.1 Å². The topological polar surface area (TPSA) is 136 Å². The molecule has 50 heavy (non-hydrogen) atoms.